The first-order valence-electron chi connectivity index (χ1n) is 10.2. The number of hydrogen-bond acceptors (Lipinski definition) is 3. The van der Waals surface area contributed by atoms with Crippen molar-refractivity contribution in [3.05, 3.63) is 95.3 Å². The zero-order valence-electron chi connectivity index (χ0n) is 16.9. The highest BCUT2D eigenvalue weighted by atomic mass is 19.4. The summed E-state index contributed by atoms with van der Waals surface area (Å²) in [7, 11) is 0. The quantitative estimate of drug-likeness (QED) is 0.426. The molecule has 0 bridgehead atoms. The average Bonchev–Trinajstić information content (AvgIpc) is 3.13. The van der Waals surface area contributed by atoms with Crippen molar-refractivity contribution in [2.24, 2.45) is 0 Å². The molecule has 2 aromatic carbocycles. The molecule has 7 heteroatoms. The molecule has 160 valence electrons. The molecule has 0 unspecified atom stereocenters. The van der Waals surface area contributed by atoms with E-state index in [9.17, 15) is 18.0 Å². The summed E-state index contributed by atoms with van der Waals surface area (Å²) in [6, 6.07) is 19.6. The van der Waals surface area contributed by atoms with Crippen LogP contribution in [0.3, 0.4) is 0 Å². The van der Waals surface area contributed by atoms with Gasteiger partial charge in [-0.1, -0.05) is 42.5 Å². The highest BCUT2D eigenvalue weighted by Crippen LogP contribution is 2.34. The molecular formula is C25H18F3N3O. The van der Waals surface area contributed by atoms with Crippen LogP contribution in [0.2, 0.25) is 0 Å². The molecular weight excluding hydrogens is 415 g/mol. The van der Waals surface area contributed by atoms with Gasteiger partial charge in [-0.15, -0.1) is 0 Å². The van der Waals surface area contributed by atoms with Gasteiger partial charge in [-0.25, -0.2) is 0 Å². The summed E-state index contributed by atoms with van der Waals surface area (Å²) in [5.41, 5.74) is 3.25. The zero-order chi connectivity index (χ0) is 22.3. The van der Waals surface area contributed by atoms with Gasteiger partial charge in [-0.2, -0.15) is 13.2 Å². The predicted molar refractivity (Wildman–Crippen MR) is 115 cm³/mol. The first-order chi connectivity index (χ1) is 15.4. The molecule has 3 heterocycles. The van der Waals surface area contributed by atoms with Crippen LogP contribution in [-0.4, -0.2) is 27.3 Å². The number of alkyl halides is 3. The second kappa shape index (κ2) is 7.75. The summed E-state index contributed by atoms with van der Waals surface area (Å²) in [5, 5.41) is 1.06. The lowest BCUT2D eigenvalue weighted by Crippen LogP contribution is -2.26. The van der Waals surface area contributed by atoms with E-state index in [0.29, 0.717) is 36.3 Å². The number of carbonyl (C=O) groups excluding carboxylic acids is 1. The van der Waals surface area contributed by atoms with E-state index in [1.165, 1.54) is 6.07 Å². The molecule has 1 aliphatic heterocycles. The maximum atomic E-state index is 13.1. The molecule has 5 rings (SSSR count). The zero-order valence-corrected chi connectivity index (χ0v) is 16.9. The number of para-hydroxylation sites is 1. The molecule has 0 aliphatic carbocycles. The van der Waals surface area contributed by atoms with E-state index in [-0.39, 0.29) is 5.91 Å². The van der Waals surface area contributed by atoms with Crippen LogP contribution in [0.1, 0.15) is 27.2 Å². The molecule has 0 spiro atoms. The van der Waals surface area contributed by atoms with Gasteiger partial charge >= 0.3 is 6.18 Å². The van der Waals surface area contributed by atoms with Crippen LogP contribution in [0.4, 0.5) is 13.2 Å². The lowest BCUT2D eigenvalue weighted by Gasteiger charge is -2.15. The molecule has 1 amide bonds. The fourth-order valence-electron chi connectivity index (χ4n) is 4.03. The molecule has 1 aliphatic rings. The Morgan fingerprint density at radius 2 is 1.78 bits per heavy atom. The molecule has 4 aromatic rings. The lowest BCUT2D eigenvalue weighted by atomic mass is 10.00. The Bertz CT molecular complexity index is 1320. The number of hydrogen-bond donors (Lipinski definition) is 0. The summed E-state index contributed by atoms with van der Waals surface area (Å²) < 4.78 is 38.6. The first kappa shape index (κ1) is 20.2. The minimum atomic E-state index is -4.45. The Kier molecular flexibility index (Phi) is 4.89. The number of aromatic nitrogens is 2. The molecule has 0 radical (unpaired) electrons. The molecule has 4 nitrogen and oxygen atoms in total. The third kappa shape index (κ3) is 3.70. The topological polar surface area (TPSA) is 46.1 Å². The van der Waals surface area contributed by atoms with Crippen molar-refractivity contribution in [3.63, 3.8) is 0 Å². The Balaban J connectivity index is 1.36. The number of rotatable bonds is 4. The number of benzene rings is 2. The van der Waals surface area contributed by atoms with Crippen LogP contribution in [0.15, 0.2) is 72.9 Å². The van der Waals surface area contributed by atoms with Gasteiger partial charge in [-0.05, 0) is 29.8 Å². The van der Waals surface area contributed by atoms with E-state index in [1.54, 1.807) is 17.0 Å². The van der Waals surface area contributed by atoms with Crippen molar-refractivity contribution in [1.82, 2.24) is 14.9 Å². The molecule has 2 aromatic heterocycles. The summed E-state index contributed by atoms with van der Waals surface area (Å²) in [6.45, 7) is 0.953. The van der Waals surface area contributed by atoms with Crippen molar-refractivity contribution in [1.29, 1.82) is 0 Å². The van der Waals surface area contributed by atoms with Crippen LogP contribution >= 0.6 is 0 Å². The van der Waals surface area contributed by atoms with Gasteiger partial charge < -0.3 is 4.90 Å². The van der Waals surface area contributed by atoms with Crippen molar-refractivity contribution in [3.8, 4) is 11.3 Å². The molecule has 0 saturated carbocycles. The van der Waals surface area contributed by atoms with E-state index >= 15 is 0 Å². The maximum absolute atomic E-state index is 13.1. The molecule has 0 atom stereocenters. The summed E-state index contributed by atoms with van der Waals surface area (Å²) in [6.07, 6.45) is -3.04. The van der Waals surface area contributed by atoms with Gasteiger partial charge in [0, 0.05) is 42.4 Å². The number of pyridine rings is 2. The lowest BCUT2D eigenvalue weighted by molar-refractivity contribution is -0.137. The Labute approximate surface area is 182 Å². The van der Waals surface area contributed by atoms with Crippen LogP contribution in [0, 0.1) is 0 Å². The number of amides is 1. The van der Waals surface area contributed by atoms with Crippen LogP contribution in [0.25, 0.3) is 22.2 Å². The summed E-state index contributed by atoms with van der Waals surface area (Å²) >= 11 is 0. The fraction of sp³-hybridized carbons (Fsp3) is 0.160. The SMILES string of the molecule is O=C1c2c(cccc2-c2ccc(C(F)(F)F)cn2)CN1CCc1ccc2ccccc2n1. The van der Waals surface area contributed by atoms with Crippen molar-refractivity contribution >= 4 is 16.8 Å². The second-order valence-corrected chi connectivity index (χ2v) is 7.74. The first-order valence-corrected chi connectivity index (χ1v) is 10.2. The average molecular weight is 433 g/mol. The predicted octanol–water partition coefficient (Wildman–Crippen LogP) is 5.51. The van der Waals surface area contributed by atoms with Crippen LogP contribution in [0.5, 0.6) is 0 Å². The third-order valence-electron chi connectivity index (χ3n) is 5.67. The van der Waals surface area contributed by atoms with Gasteiger partial charge in [0.2, 0.25) is 0 Å². The van der Waals surface area contributed by atoms with Crippen LogP contribution in [-0.2, 0) is 19.1 Å². The van der Waals surface area contributed by atoms with Gasteiger partial charge in [0.1, 0.15) is 0 Å². The molecule has 0 N–H and O–H groups in total. The standard InChI is InChI=1S/C25H18F3N3O/c26-25(27,28)18-9-11-22(29-14-18)20-6-3-5-17-15-31(24(32)23(17)20)13-12-19-10-8-16-4-1-2-7-21(16)30-19/h1-11,14H,12-13,15H2. The Morgan fingerprint density at radius 1 is 0.938 bits per heavy atom. The smallest absolute Gasteiger partial charge is 0.334 e. The van der Waals surface area contributed by atoms with Gasteiger partial charge in [0.15, 0.2) is 0 Å². The van der Waals surface area contributed by atoms with E-state index in [1.807, 2.05) is 42.5 Å². The van der Waals surface area contributed by atoms with Crippen molar-refractivity contribution in [2.45, 2.75) is 19.1 Å². The second-order valence-electron chi connectivity index (χ2n) is 7.74. The van der Waals surface area contributed by atoms with Crippen LogP contribution < -0.4 is 0 Å². The van der Waals surface area contributed by atoms with Gasteiger partial charge in [0.05, 0.1) is 22.3 Å². The Morgan fingerprint density at radius 3 is 2.56 bits per heavy atom. The monoisotopic (exact) mass is 433 g/mol. The fourth-order valence-corrected chi connectivity index (χ4v) is 4.03. The van der Waals surface area contributed by atoms with E-state index in [2.05, 4.69) is 9.97 Å². The minimum Gasteiger partial charge on any atom is -0.334 e. The van der Waals surface area contributed by atoms with Gasteiger partial charge in [-0.3, -0.25) is 14.8 Å². The molecule has 0 saturated heterocycles. The van der Waals surface area contributed by atoms with Crippen molar-refractivity contribution in [2.75, 3.05) is 6.54 Å². The number of halogens is 3. The molecule has 32 heavy (non-hydrogen) atoms. The van der Waals surface area contributed by atoms with E-state index < -0.39 is 11.7 Å². The minimum absolute atomic E-state index is 0.141. The van der Waals surface area contributed by atoms with E-state index in [0.717, 1.165) is 34.4 Å². The van der Waals surface area contributed by atoms with Gasteiger partial charge in [0.25, 0.3) is 5.91 Å². The number of nitrogens with zero attached hydrogens (tertiary/aromatic N) is 3. The number of carbonyl (C=O) groups is 1. The highest BCUT2D eigenvalue weighted by Gasteiger charge is 2.32. The highest BCUT2D eigenvalue weighted by molar-refractivity contribution is 6.04. The normalized spacial score (nSPS) is 13.6. The third-order valence-corrected chi connectivity index (χ3v) is 5.67. The largest absolute Gasteiger partial charge is 0.417 e. The number of fused-ring (bicyclic) bond motifs is 2. The van der Waals surface area contributed by atoms with Crippen molar-refractivity contribution < 1.29 is 18.0 Å². The Hall–Kier alpha value is -3.74. The summed E-state index contributed by atoms with van der Waals surface area (Å²) in [5.74, 6) is -0.141. The summed E-state index contributed by atoms with van der Waals surface area (Å²) in [4.78, 5) is 23.5. The maximum Gasteiger partial charge on any atom is 0.417 e. The van der Waals surface area contributed by atoms with E-state index in [4.69, 9.17) is 0 Å². The molecule has 0 fully saturated rings.